The summed E-state index contributed by atoms with van der Waals surface area (Å²) in [4.78, 5) is 15.3. The average molecular weight is 399 g/mol. The number of pyridine rings is 1. The quantitative estimate of drug-likeness (QED) is 0.603. The number of nitrogen functional groups attached to an aromatic ring is 1. The highest BCUT2D eigenvalue weighted by molar-refractivity contribution is 5.97. The van der Waals surface area contributed by atoms with E-state index in [1.54, 1.807) is 4.57 Å². The normalized spacial score (nSPS) is 18.3. The van der Waals surface area contributed by atoms with Crippen molar-refractivity contribution in [2.45, 2.75) is 45.7 Å². The van der Waals surface area contributed by atoms with E-state index in [1.165, 1.54) is 0 Å². The standard InChI is InChI=1S/C20H29N7O2/c1-11(2)12(3)27-9-14(18-17(20(27)29)19(21)23-22-18)15-8-16(25(4)24-15)26-7-5-6-13(26)10-28/h8-9,11-13,28H,5-7,10H2,1-4H3,(H3,21,22,23)/t12-,13+/m0/s1. The second kappa shape index (κ2) is 7.22. The molecule has 0 saturated carbocycles. The zero-order chi connectivity index (χ0) is 20.9. The Hall–Kier alpha value is -2.81. The van der Waals surface area contributed by atoms with Crippen molar-refractivity contribution in [3.63, 3.8) is 0 Å². The first kappa shape index (κ1) is 19.5. The van der Waals surface area contributed by atoms with Gasteiger partial charge >= 0.3 is 0 Å². The highest BCUT2D eigenvalue weighted by Crippen LogP contribution is 2.33. The lowest BCUT2D eigenvalue weighted by molar-refractivity contribution is 0.265. The number of hydrogen-bond acceptors (Lipinski definition) is 6. The van der Waals surface area contributed by atoms with Crippen LogP contribution in [-0.4, -0.2) is 48.8 Å². The van der Waals surface area contributed by atoms with Crippen molar-refractivity contribution in [1.29, 1.82) is 0 Å². The molecule has 2 atom stereocenters. The number of aromatic nitrogens is 5. The fraction of sp³-hybridized carbons (Fsp3) is 0.550. The number of H-pyrrole nitrogens is 1. The van der Waals surface area contributed by atoms with Crippen LogP contribution in [0.5, 0.6) is 0 Å². The first-order chi connectivity index (χ1) is 13.8. The van der Waals surface area contributed by atoms with E-state index < -0.39 is 0 Å². The van der Waals surface area contributed by atoms with Crippen LogP contribution in [0.2, 0.25) is 0 Å². The maximum absolute atomic E-state index is 13.1. The van der Waals surface area contributed by atoms with Gasteiger partial charge in [0.15, 0.2) is 5.82 Å². The Morgan fingerprint density at radius 1 is 1.38 bits per heavy atom. The number of hydrogen-bond donors (Lipinski definition) is 3. The van der Waals surface area contributed by atoms with E-state index in [-0.39, 0.29) is 36.0 Å². The number of anilines is 2. The molecule has 0 spiro atoms. The highest BCUT2D eigenvalue weighted by atomic mass is 16.3. The molecule has 3 aromatic rings. The highest BCUT2D eigenvalue weighted by Gasteiger charge is 2.28. The summed E-state index contributed by atoms with van der Waals surface area (Å²) in [5.74, 6) is 1.43. The van der Waals surface area contributed by atoms with Crippen LogP contribution in [-0.2, 0) is 7.05 Å². The third-order valence-corrected chi connectivity index (χ3v) is 6.20. The summed E-state index contributed by atoms with van der Waals surface area (Å²) in [5.41, 5.74) is 8.01. The summed E-state index contributed by atoms with van der Waals surface area (Å²) in [7, 11) is 1.90. The number of aliphatic hydroxyl groups is 1. The monoisotopic (exact) mass is 399 g/mol. The van der Waals surface area contributed by atoms with Crippen molar-refractivity contribution in [2.75, 3.05) is 23.8 Å². The second-order valence-electron chi connectivity index (χ2n) is 8.28. The predicted octanol–water partition coefficient (Wildman–Crippen LogP) is 1.89. The van der Waals surface area contributed by atoms with Gasteiger partial charge in [0.2, 0.25) is 0 Å². The number of aromatic amines is 1. The lowest BCUT2D eigenvalue weighted by Crippen LogP contribution is -2.33. The first-order valence-electron chi connectivity index (χ1n) is 10.1. The maximum Gasteiger partial charge on any atom is 0.264 e. The number of fused-ring (bicyclic) bond motifs is 1. The molecule has 29 heavy (non-hydrogen) atoms. The zero-order valence-electron chi connectivity index (χ0n) is 17.4. The molecule has 0 bridgehead atoms. The smallest absolute Gasteiger partial charge is 0.264 e. The molecule has 4 heterocycles. The van der Waals surface area contributed by atoms with Gasteiger partial charge < -0.3 is 20.3 Å². The third kappa shape index (κ3) is 3.09. The van der Waals surface area contributed by atoms with Gasteiger partial charge in [-0.25, -0.2) is 0 Å². The zero-order valence-corrected chi connectivity index (χ0v) is 17.4. The average Bonchev–Trinajstić information content (AvgIpc) is 3.40. The summed E-state index contributed by atoms with van der Waals surface area (Å²) >= 11 is 0. The van der Waals surface area contributed by atoms with Crippen LogP contribution in [0.1, 0.15) is 39.7 Å². The summed E-state index contributed by atoms with van der Waals surface area (Å²) < 4.78 is 3.56. The van der Waals surface area contributed by atoms with Crippen molar-refractivity contribution in [2.24, 2.45) is 13.0 Å². The van der Waals surface area contributed by atoms with Gasteiger partial charge in [-0.1, -0.05) is 13.8 Å². The Kier molecular flexibility index (Phi) is 4.85. The SMILES string of the molecule is CC(C)[C@H](C)n1cc(-c2cc(N3CCC[C@@H]3CO)n(C)n2)c2[nH]nc(N)c2c1=O. The Bertz CT molecular complexity index is 1090. The molecule has 3 aromatic heterocycles. The fourth-order valence-corrected chi connectivity index (χ4v) is 4.16. The number of aryl methyl sites for hydroxylation is 1. The lowest BCUT2D eigenvalue weighted by Gasteiger charge is -2.24. The van der Waals surface area contributed by atoms with Crippen LogP contribution in [0.3, 0.4) is 0 Å². The van der Waals surface area contributed by atoms with E-state index >= 15 is 0 Å². The Morgan fingerprint density at radius 3 is 2.83 bits per heavy atom. The van der Waals surface area contributed by atoms with Gasteiger partial charge in [-0.3, -0.25) is 14.6 Å². The molecular formula is C20H29N7O2. The Balaban J connectivity index is 1.90. The molecule has 9 heteroatoms. The van der Waals surface area contributed by atoms with E-state index in [0.717, 1.165) is 36.5 Å². The minimum atomic E-state index is -0.146. The molecule has 9 nitrogen and oxygen atoms in total. The molecule has 4 N–H and O–H groups in total. The summed E-state index contributed by atoms with van der Waals surface area (Å²) in [6, 6.07) is 2.12. The largest absolute Gasteiger partial charge is 0.394 e. The number of nitrogens with one attached hydrogen (secondary N) is 1. The van der Waals surface area contributed by atoms with Gasteiger partial charge in [0, 0.05) is 37.5 Å². The molecule has 0 unspecified atom stereocenters. The van der Waals surface area contributed by atoms with Crippen molar-refractivity contribution in [1.82, 2.24) is 24.5 Å². The minimum Gasteiger partial charge on any atom is -0.394 e. The van der Waals surface area contributed by atoms with Crippen LogP contribution >= 0.6 is 0 Å². The molecule has 0 aromatic carbocycles. The van der Waals surface area contributed by atoms with Gasteiger partial charge in [-0.15, -0.1) is 0 Å². The Labute approximate surface area is 169 Å². The lowest BCUT2D eigenvalue weighted by atomic mass is 10.0. The van der Waals surface area contributed by atoms with Crippen LogP contribution in [0.4, 0.5) is 11.6 Å². The molecule has 1 saturated heterocycles. The van der Waals surface area contributed by atoms with E-state index in [4.69, 9.17) is 10.8 Å². The van der Waals surface area contributed by atoms with Crippen LogP contribution in [0.25, 0.3) is 22.2 Å². The molecular weight excluding hydrogens is 370 g/mol. The van der Waals surface area contributed by atoms with Gasteiger partial charge in [0.25, 0.3) is 5.56 Å². The van der Waals surface area contributed by atoms with E-state index in [2.05, 4.69) is 28.9 Å². The molecule has 0 amide bonds. The van der Waals surface area contributed by atoms with Crippen LogP contribution in [0, 0.1) is 5.92 Å². The van der Waals surface area contributed by atoms with Crippen molar-refractivity contribution in [3.05, 3.63) is 22.6 Å². The van der Waals surface area contributed by atoms with E-state index in [0.29, 0.717) is 10.9 Å². The molecule has 1 aliphatic rings. The third-order valence-electron chi connectivity index (χ3n) is 6.20. The Morgan fingerprint density at radius 2 is 2.14 bits per heavy atom. The van der Waals surface area contributed by atoms with Crippen LogP contribution < -0.4 is 16.2 Å². The number of rotatable bonds is 5. The predicted molar refractivity (Wildman–Crippen MR) is 114 cm³/mol. The van der Waals surface area contributed by atoms with Crippen molar-refractivity contribution < 1.29 is 5.11 Å². The van der Waals surface area contributed by atoms with Crippen molar-refractivity contribution in [3.8, 4) is 11.3 Å². The number of aliphatic hydroxyl groups excluding tert-OH is 1. The van der Waals surface area contributed by atoms with E-state index in [1.807, 2.05) is 30.9 Å². The maximum atomic E-state index is 13.1. The van der Waals surface area contributed by atoms with E-state index in [9.17, 15) is 9.90 Å². The minimum absolute atomic E-state index is 0.000448. The second-order valence-corrected chi connectivity index (χ2v) is 8.28. The molecule has 0 radical (unpaired) electrons. The number of nitrogens with zero attached hydrogens (tertiary/aromatic N) is 5. The summed E-state index contributed by atoms with van der Waals surface area (Å²) in [5, 5.41) is 21.8. The van der Waals surface area contributed by atoms with Crippen molar-refractivity contribution >= 4 is 22.5 Å². The van der Waals surface area contributed by atoms with Gasteiger partial charge in [-0.2, -0.15) is 10.2 Å². The van der Waals surface area contributed by atoms with Gasteiger partial charge in [0.1, 0.15) is 11.2 Å². The molecule has 1 aliphatic heterocycles. The number of nitrogens with two attached hydrogens (primary N) is 1. The topological polar surface area (TPSA) is 118 Å². The summed E-state index contributed by atoms with van der Waals surface area (Å²) in [6.45, 7) is 7.21. The van der Waals surface area contributed by atoms with Gasteiger partial charge in [-0.05, 0) is 25.7 Å². The summed E-state index contributed by atoms with van der Waals surface area (Å²) in [6.07, 6.45) is 3.87. The molecule has 1 fully saturated rings. The molecule has 156 valence electrons. The fourth-order valence-electron chi connectivity index (χ4n) is 4.16. The molecule has 0 aliphatic carbocycles. The van der Waals surface area contributed by atoms with Crippen LogP contribution in [0.15, 0.2) is 17.1 Å². The van der Waals surface area contributed by atoms with Gasteiger partial charge in [0.05, 0.1) is 23.9 Å². The first-order valence-corrected chi connectivity index (χ1v) is 10.1. The molecule has 4 rings (SSSR count).